The van der Waals surface area contributed by atoms with Crippen molar-refractivity contribution < 1.29 is 9.21 Å². The molecule has 0 aromatic carbocycles. The van der Waals surface area contributed by atoms with Crippen LogP contribution in [0.25, 0.3) is 16.7 Å². The number of hydrogen-bond donors (Lipinski definition) is 0. The first kappa shape index (κ1) is 19.3. The molecule has 4 heterocycles. The maximum absolute atomic E-state index is 13.2. The predicted molar refractivity (Wildman–Crippen MR) is 110 cm³/mol. The molecule has 0 aliphatic heterocycles. The van der Waals surface area contributed by atoms with Gasteiger partial charge >= 0.3 is 5.91 Å². The number of amides is 1. The van der Waals surface area contributed by atoms with E-state index in [1.807, 2.05) is 26.8 Å². The van der Waals surface area contributed by atoms with Gasteiger partial charge in [0.2, 0.25) is 0 Å². The van der Waals surface area contributed by atoms with Gasteiger partial charge in [0.1, 0.15) is 17.4 Å². The normalized spacial score (nSPS) is 12.0. The van der Waals surface area contributed by atoms with Crippen LogP contribution in [-0.4, -0.2) is 19.9 Å². The molecule has 1 amide bonds. The molecule has 0 aliphatic carbocycles. The molecule has 150 valence electrons. The second-order valence-corrected chi connectivity index (χ2v) is 7.43. The van der Waals surface area contributed by atoms with Gasteiger partial charge in [0.15, 0.2) is 11.2 Å². The van der Waals surface area contributed by atoms with Crippen molar-refractivity contribution in [3.8, 4) is 6.07 Å². The van der Waals surface area contributed by atoms with Crippen molar-refractivity contribution in [3.05, 3.63) is 75.5 Å². The van der Waals surface area contributed by atoms with Crippen molar-refractivity contribution in [1.29, 1.82) is 5.26 Å². The number of fused-ring (bicyclic) bond motifs is 2. The Labute approximate surface area is 171 Å². The van der Waals surface area contributed by atoms with Crippen LogP contribution in [0.5, 0.6) is 0 Å². The summed E-state index contributed by atoms with van der Waals surface area (Å²) in [5, 5.41) is 10.0. The summed E-state index contributed by atoms with van der Waals surface area (Å²) in [6.45, 7) is 6.28. The summed E-state index contributed by atoms with van der Waals surface area (Å²) in [4.78, 5) is 34.6. The van der Waals surface area contributed by atoms with Crippen LogP contribution in [0.15, 0.2) is 57.0 Å². The fraction of sp³-hybridized carbons (Fsp3) is 0.227. The van der Waals surface area contributed by atoms with Crippen LogP contribution < -0.4 is 11.0 Å². The van der Waals surface area contributed by atoms with E-state index in [0.29, 0.717) is 23.2 Å². The number of rotatable bonds is 3. The summed E-state index contributed by atoms with van der Waals surface area (Å²) in [5.41, 5.74) is 1.73. The minimum atomic E-state index is -0.609. The molecule has 0 spiro atoms. The number of hydrogen-bond acceptors (Lipinski definition) is 5. The van der Waals surface area contributed by atoms with Crippen molar-refractivity contribution in [2.75, 3.05) is 0 Å². The third-order valence-electron chi connectivity index (χ3n) is 4.71. The molecule has 0 saturated carbocycles. The van der Waals surface area contributed by atoms with Gasteiger partial charge < -0.3 is 8.98 Å². The minimum Gasteiger partial charge on any atom is -0.459 e. The average molecular weight is 401 g/mol. The number of nitriles is 1. The highest BCUT2D eigenvalue weighted by Crippen LogP contribution is 2.14. The standard InChI is InChI=1S/C22H19N5O3/c1-13(2)12-27-19(25-21(28)17-7-5-9-30-17)15(11-23)10-16-20(27)24-18-14(3)6-4-8-26(18)22(16)29/h4-10,13H,12H2,1-3H3. The van der Waals surface area contributed by atoms with Crippen molar-refractivity contribution in [3.63, 3.8) is 0 Å². The zero-order valence-corrected chi connectivity index (χ0v) is 16.8. The zero-order chi connectivity index (χ0) is 21.4. The average Bonchev–Trinajstić information content (AvgIpc) is 3.25. The Morgan fingerprint density at radius 3 is 2.77 bits per heavy atom. The second kappa shape index (κ2) is 7.44. The van der Waals surface area contributed by atoms with E-state index < -0.39 is 5.91 Å². The quantitative estimate of drug-likeness (QED) is 0.491. The molecule has 0 N–H and O–H groups in total. The van der Waals surface area contributed by atoms with Crippen LogP contribution in [-0.2, 0) is 6.54 Å². The molecule has 0 saturated heterocycles. The second-order valence-electron chi connectivity index (χ2n) is 7.43. The Balaban J connectivity index is 2.17. The topological polar surface area (TPSA) is 106 Å². The van der Waals surface area contributed by atoms with Gasteiger partial charge in [-0.1, -0.05) is 19.9 Å². The van der Waals surface area contributed by atoms with E-state index in [1.165, 1.54) is 22.8 Å². The van der Waals surface area contributed by atoms with E-state index in [4.69, 9.17) is 9.40 Å². The highest BCUT2D eigenvalue weighted by atomic mass is 16.3. The number of pyridine rings is 2. The van der Waals surface area contributed by atoms with Crippen LogP contribution >= 0.6 is 0 Å². The highest BCUT2D eigenvalue weighted by Gasteiger charge is 2.17. The lowest BCUT2D eigenvalue weighted by Gasteiger charge is -2.15. The Kier molecular flexibility index (Phi) is 4.80. The Morgan fingerprint density at radius 1 is 1.30 bits per heavy atom. The lowest BCUT2D eigenvalue weighted by Crippen LogP contribution is -2.31. The number of carbonyl (C=O) groups is 1. The lowest BCUT2D eigenvalue weighted by atomic mass is 10.1. The van der Waals surface area contributed by atoms with E-state index in [-0.39, 0.29) is 28.3 Å². The first-order valence-corrected chi connectivity index (χ1v) is 9.49. The summed E-state index contributed by atoms with van der Waals surface area (Å²) in [7, 11) is 0. The Morgan fingerprint density at radius 2 is 2.10 bits per heavy atom. The molecule has 0 unspecified atom stereocenters. The molecule has 0 aliphatic rings. The number of furan rings is 1. The zero-order valence-electron chi connectivity index (χ0n) is 16.8. The van der Waals surface area contributed by atoms with Gasteiger partial charge in [0.05, 0.1) is 17.2 Å². The van der Waals surface area contributed by atoms with Gasteiger partial charge in [-0.3, -0.25) is 14.0 Å². The summed E-state index contributed by atoms with van der Waals surface area (Å²) >= 11 is 0. The van der Waals surface area contributed by atoms with E-state index in [9.17, 15) is 14.9 Å². The molecule has 30 heavy (non-hydrogen) atoms. The lowest BCUT2D eigenvalue weighted by molar-refractivity contribution is 0.0970. The molecule has 0 fully saturated rings. The van der Waals surface area contributed by atoms with Gasteiger partial charge in [-0.25, -0.2) is 4.98 Å². The molecule has 4 aromatic heterocycles. The van der Waals surface area contributed by atoms with Crippen molar-refractivity contribution in [2.24, 2.45) is 10.9 Å². The largest absolute Gasteiger partial charge is 0.459 e. The molecular weight excluding hydrogens is 382 g/mol. The molecule has 4 aromatic rings. The fourth-order valence-corrected chi connectivity index (χ4v) is 3.38. The van der Waals surface area contributed by atoms with E-state index in [1.54, 1.807) is 22.9 Å². The fourth-order valence-electron chi connectivity index (χ4n) is 3.38. The van der Waals surface area contributed by atoms with Gasteiger partial charge in [0, 0.05) is 12.7 Å². The molecular formula is C22H19N5O3. The molecule has 8 heteroatoms. The summed E-state index contributed by atoms with van der Waals surface area (Å²) in [5.74, 6) is -0.392. The van der Waals surface area contributed by atoms with E-state index in [0.717, 1.165) is 5.56 Å². The van der Waals surface area contributed by atoms with Gasteiger partial charge in [-0.2, -0.15) is 10.3 Å². The van der Waals surface area contributed by atoms with E-state index >= 15 is 0 Å². The van der Waals surface area contributed by atoms with Gasteiger partial charge in [0.25, 0.3) is 5.56 Å². The van der Waals surface area contributed by atoms with Crippen molar-refractivity contribution >= 4 is 22.6 Å². The van der Waals surface area contributed by atoms with Crippen LogP contribution in [0.3, 0.4) is 0 Å². The maximum atomic E-state index is 13.2. The monoisotopic (exact) mass is 401 g/mol. The molecule has 8 nitrogen and oxygen atoms in total. The number of aryl methyl sites for hydroxylation is 1. The van der Waals surface area contributed by atoms with Gasteiger partial charge in [-0.05, 0) is 42.7 Å². The SMILES string of the molecule is Cc1cccn2c(=O)c3cc(C#N)c(=NC(=O)c4ccco4)n(CC(C)C)c3nc12. The predicted octanol–water partition coefficient (Wildman–Crippen LogP) is 2.82. The Bertz CT molecular complexity index is 1450. The smallest absolute Gasteiger partial charge is 0.314 e. The maximum Gasteiger partial charge on any atom is 0.314 e. The Hall–Kier alpha value is -3.99. The van der Waals surface area contributed by atoms with Gasteiger partial charge in [-0.15, -0.1) is 0 Å². The van der Waals surface area contributed by atoms with Crippen molar-refractivity contribution in [1.82, 2.24) is 14.0 Å². The number of aromatic nitrogens is 3. The van der Waals surface area contributed by atoms with Crippen LogP contribution in [0.1, 0.15) is 35.5 Å². The molecule has 4 rings (SSSR count). The minimum absolute atomic E-state index is 0.0671. The molecule has 0 bridgehead atoms. The van der Waals surface area contributed by atoms with E-state index in [2.05, 4.69) is 11.1 Å². The third-order valence-corrected chi connectivity index (χ3v) is 4.71. The van der Waals surface area contributed by atoms with Crippen molar-refractivity contribution in [2.45, 2.75) is 27.3 Å². The highest BCUT2D eigenvalue weighted by molar-refractivity contribution is 5.92. The number of carbonyl (C=O) groups excluding carboxylic acids is 1. The molecule has 0 atom stereocenters. The first-order valence-electron chi connectivity index (χ1n) is 9.49. The summed E-state index contributed by atoms with van der Waals surface area (Å²) in [6, 6.07) is 10.3. The summed E-state index contributed by atoms with van der Waals surface area (Å²) in [6.07, 6.45) is 3.03. The molecule has 0 radical (unpaired) electrons. The van der Waals surface area contributed by atoms with Crippen LogP contribution in [0, 0.1) is 24.2 Å². The third kappa shape index (κ3) is 3.20. The first-order chi connectivity index (χ1) is 14.4. The summed E-state index contributed by atoms with van der Waals surface area (Å²) < 4.78 is 8.27. The van der Waals surface area contributed by atoms with Crippen LogP contribution in [0.4, 0.5) is 0 Å². The number of nitrogens with zero attached hydrogens (tertiary/aromatic N) is 5. The van der Waals surface area contributed by atoms with Crippen LogP contribution in [0.2, 0.25) is 0 Å².